The molecule has 29 heavy (non-hydrogen) atoms. The fourth-order valence-electron chi connectivity index (χ4n) is 3.09. The third-order valence-electron chi connectivity index (χ3n) is 4.61. The molecule has 0 bridgehead atoms. The number of carbonyl (C=O) groups is 3. The molecule has 7 nitrogen and oxygen atoms in total. The average Bonchev–Trinajstić information content (AvgIpc) is 3.13. The number of amides is 2. The van der Waals surface area contributed by atoms with Crippen molar-refractivity contribution in [2.24, 2.45) is 0 Å². The van der Waals surface area contributed by atoms with Crippen LogP contribution in [0.3, 0.4) is 0 Å². The smallest absolute Gasteiger partial charge is 0.410 e. The van der Waals surface area contributed by atoms with E-state index < -0.39 is 24.1 Å². The number of β-amino-alcohol motifs (C(OH)–C–C–N with tert-alkyl or cyclic N) is 1. The van der Waals surface area contributed by atoms with E-state index >= 15 is 0 Å². The Bertz CT molecular complexity index is 872. The number of rotatable bonds is 6. The number of halogens is 1. The van der Waals surface area contributed by atoms with Crippen molar-refractivity contribution < 1.29 is 24.2 Å². The summed E-state index contributed by atoms with van der Waals surface area (Å²) in [5.74, 6) is -0.744. The summed E-state index contributed by atoms with van der Waals surface area (Å²) in [6, 6.07) is 15.1. The van der Waals surface area contributed by atoms with Gasteiger partial charge in [0.2, 0.25) is 5.91 Å². The summed E-state index contributed by atoms with van der Waals surface area (Å²) in [6.45, 7) is -0.116. The Morgan fingerprint density at radius 2 is 1.79 bits per heavy atom. The van der Waals surface area contributed by atoms with E-state index in [1.165, 1.54) is 4.90 Å². The van der Waals surface area contributed by atoms with Gasteiger partial charge in [-0.15, -0.1) is 0 Å². The minimum absolute atomic E-state index is 0.00632. The molecule has 152 valence electrons. The highest BCUT2D eigenvalue weighted by atomic mass is 79.9. The van der Waals surface area contributed by atoms with E-state index in [-0.39, 0.29) is 31.9 Å². The maximum Gasteiger partial charge on any atom is 0.410 e. The second kappa shape index (κ2) is 9.67. The number of nitrogens with one attached hydrogen (secondary N) is 1. The van der Waals surface area contributed by atoms with Gasteiger partial charge in [-0.2, -0.15) is 0 Å². The molecule has 1 aliphatic heterocycles. The quantitative estimate of drug-likeness (QED) is 0.645. The zero-order valence-corrected chi connectivity index (χ0v) is 17.2. The Labute approximate surface area is 176 Å². The highest BCUT2D eigenvalue weighted by Gasteiger charge is 2.39. The van der Waals surface area contributed by atoms with Crippen molar-refractivity contribution in [1.82, 2.24) is 10.2 Å². The van der Waals surface area contributed by atoms with Crippen LogP contribution in [0.15, 0.2) is 59.1 Å². The lowest BCUT2D eigenvalue weighted by atomic mass is 10.1. The summed E-state index contributed by atoms with van der Waals surface area (Å²) >= 11 is 3.30. The molecule has 0 saturated carbocycles. The van der Waals surface area contributed by atoms with Crippen molar-refractivity contribution in [2.45, 2.75) is 25.2 Å². The number of ketones is 1. The number of hydrogen-bond acceptors (Lipinski definition) is 5. The lowest BCUT2D eigenvalue weighted by Gasteiger charge is -2.23. The van der Waals surface area contributed by atoms with Crippen molar-refractivity contribution in [1.29, 1.82) is 0 Å². The van der Waals surface area contributed by atoms with Gasteiger partial charge in [-0.25, -0.2) is 4.79 Å². The maximum atomic E-state index is 12.5. The molecular weight excluding hydrogens is 440 g/mol. The third-order valence-corrected chi connectivity index (χ3v) is 5.14. The average molecular weight is 461 g/mol. The Hall–Kier alpha value is -2.71. The Kier molecular flexibility index (Phi) is 7.00. The summed E-state index contributed by atoms with van der Waals surface area (Å²) in [6.07, 6.45) is -1.40. The van der Waals surface area contributed by atoms with Gasteiger partial charge in [0.05, 0.1) is 19.2 Å². The van der Waals surface area contributed by atoms with E-state index in [1.54, 1.807) is 24.3 Å². The van der Waals surface area contributed by atoms with E-state index in [1.807, 2.05) is 30.3 Å². The van der Waals surface area contributed by atoms with Gasteiger partial charge in [0.25, 0.3) is 0 Å². The molecular formula is C21H21BrN2O5. The molecule has 2 aromatic carbocycles. The SMILES string of the molecule is O=C(CNC(=O)[C@@H]1C[C@@H](O)CN1C(=O)OCc1ccccc1)c1ccc(Br)cc1. The number of Topliss-reactive ketones (excluding diaryl/α,β-unsaturated/α-hetero) is 1. The van der Waals surface area contributed by atoms with Crippen LogP contribution in [0.1, 0.15) is 22.3 Å². The zero-order valence-electron chi connectivity index (χ0n) is 15.6. The highest BCUT2D eigenvalue weighted by Crippen LogP contribution is 2.20. The zero-order chi connectivity index (χ0) is 20.8. The van der Waals surface area contributed by atoms with E-state index in [4.69, 9.17) is 4.74 Å². The maximum absolute atomic E-state index is 12.5. The number of hydrogen-bond donors (Lipinski definition) is 2. The first kappa shape index (κ1) is 21.0. The van der Waals surface area contributed by atoms with E-state index in [9.17, 15) is 19.5 Å². The predicted octanol–water partition coefficient (Wildman–Crippen LogP) is 2.52. The Morgan fingerprint density at radius 1 is 1.10 bits per heavy atom. The molecule has 1 saturated heterocycles. The molecule has 1 aliphatic rings. The molecule has 1 heterocycles. The first-order chi connectivity index (χ1) is 13.9. The molecule has 1 fully saturated rings. The summed E-state index contributed by atoms with van der Waals surface area (Å²) in [4.78, 5) is 38.4. The second-order valence-corrected chi connectivity index (χ2v) is 7.66. The van der Waals surface area contributed by atoms with Crippen molar-refractivity contribution in [2.75, 3.05) is 13.1 Å². The first-order valence-corrected chi connectivity index (χ1v) is 9.95. The van der Waals surface area contributed by atoms with E-state index in [2.05, 4.69) is 21.2 Å². The Balaban J connectivity index is 1.55. The minimum atomic E-state index is -0.883. The molecule has 0 aromatic heterocycles. The lowest BCUT2D eigenvalue weighted by Crippen LogP contribution is -2.47. The number of carbonyl (C=O) groups excluding carboxylic acids is 3. The van der Waals surface area contributed by atoms with E-state index in [0.717, 1.165) is 10.0 Å². The van der Waals surface area contributed by atoms with Crippen LogP contribution < -0.4 is 5.32 Å². The highest BCUT2D eigenvalue weighted by molar-refractivity contribution is 9.10. The number of nitrogens with zero attached hydrogens (tertiary/aromatic N) is 1. The molecule has 8 heteroatoms. The molecule has 0 spiro atoms. The minimum Gasteiger partial charge on any atom is -0.445 e. The van der Waals surface area contributed by atoms with Crippen LogP contribution in [0, 0.1) is 0 Å². The normalized spacial score (nSPS) is 18.3. The van der Waals surface area contributed by atoms with Gasteiger partial charge in [0, 0.05) is 16.5 Å². The molecule has 2 aromatic rings. The van der Waals surface area contributed by atoms with Crippen molar-refractivity contribution >= 4 is 33.7 Å². The monoisotopic (exact) mass is 460 g/mol. The van der Waals surface area contributed by atoms with Gasteiger partial charge in [0.1, 0.15) is 12.6 Å². The molecule has 2 atom stereocenters. The number of aliphatic hydroxyl groups is 1. The van der Waals surface area contributed by atoms with Gasteiger partial charge in [-0.1, -0.05) is 58.4 Å². The molecule has 3 rings (SSSR count). The summed E-state index contributed by atoms with van der Waals surface area (Å²) in [5, 5.41) is 12.5. The van der Waals surface area contributed by atoms with Gasteiger partial charge >= 0.3 is 6.09 Å². The Morgan fingerprint density at radius 3 is 2.48 bits per heavy atom. The van der Waals surface area contributed by atoms with Crippen LogP contribution in [0.2, 0.25) is 0 Å². The van der Waals surface area contributed by atoms with Crippen LogP contribution in [0.25, 0.3) is 0 Å². The molecule has 0 unspecified atom stereocenters. The third kappa shape index (κ3) is 5.65. The van der Waals surface area contributed by atoms with Crippen molar-refractivity contribution in [3.05, 3.63) is 70.2 Å². The second-order valence-electron chi connectivity index (χ2n) is 6.75. The van der Waals surface area contributed by atoms with Crippen molar-refractivity contribution in [3.63, 3.8) is 0 Å². The first-order valence-electron chi connectivity index (χ1n) is 9.16. The van der Waals surface area contributed by atoms with Crippen LogP contribution in [0.5, 0.6) is 0 Å². The lowest BCUT2D eigenvalue weighted by molar-refractivity contribution is -0.125. The summed E-state index contributed by atoms with van der Waals surface area (Å²) in [7, 11) is 0. The summed E-state index contributed by atoms with van der Waals surface area (Å²) < 4.78 is 6.12. The molecule has 2 amide bonds. The number of aliphatic hydroxyl groups excluding tert-OH is 1. The van der Waals surface area contributed by atoms with Crippen molar-refractivity contribution in [3.8, 4) is 0 Å². The largest absolute Gasteiger partial charge is 0.445 e. The molecule has 0 radical (unpaired) electrons. The fraction of sp³-hybridized carbons (Fsp3) is 0.286. The predicted molar refractivity (Wildman–Crippen MR) is 109 cm³/mol. The number of ether oxygens (including phenoxy) is 1. The fourth-order valence-corrected chi connectivity index (χ4v) is 3.35. The number of likely N-dealkylation sites (tertiary alicyclic amines) is 1. The topological polar surface area (TPSA) is 95.9 Å². The molecule has 0 aliphatic carbocycles. The van der Waals surface area contributed by atoms with Crippen LogP contribution in [0.4, 0.5) is 4.79 Å². The standard InChI is InChI=1S/C21H21BrN2O5/c22-16-8-6-15(7-9-16)19(26)11-23-20(27)18-10-17(25)12-24(18)21(28)29-13-14-4-2-1-3-5-14/h1-9,17-18,25H,10-13H2,(H,23,27)/t17-,18+/m1/s1. The van der Waals surface area contributed by atoms with Crippen LogP contribution >= 0.6 is 15.9 Å². The van der Waals surface area contributed by atoms with E-state index in [0.29, 0.717) is 5.56 Å². The van der Waals surface area contributed by atoms with Gasteiger partial charge in [-0.3, -0.25) is 14.5 Å². The van der Waals surface area contributed by atoms with Gasteiger partial charge in [0.15, 0.2) is 5.78 Å². The van der Waals surface area contributed by atoms with Gasteiger partial charge in [-0.05, 0) is 17.7 Å². The molecule has 2 N–H and O–H groups in total. The van der Waals surface area contributed by atoms with Crippen LogP contribution in [-0.2, 0) is 16.1 Å². The number of benzene rings is 2. The van der Waals surface area contributed by atoms with Crippen LogP contribution in [-0.4, -0.2) is 53.0 Å². The summed E-state index contributed by atoms with van der Waals surface area (Å²) in [5.41, 5.74) is 1.29. The van der Waals surface area contributed by atoms with Gasteiger partial charge < -0.3 is 15.2 Å².